The molecule has 4 nitrogen and oxygen atoms in total. The largest absolute Gasteiger partial charge is 0.490 e. The number of hydrogen-bond acceptors (Lipinski definition) is 3. The second-order valence-corrected chi connectivity index (χ2v) is 4.74. The average Bonchev–Trinajstić information content (AvgIpc) is 2.47. The van der Waals surface area contributed by atoms with Gasteiger partial charge in [-0.1, -0.05) is 24.3 Å². The SMILES string of the molecule is CC(CC(=O)O)Oc1ccc(-c2ccc(C#N)cc2)cc1. The molecule has 0 bridgehead atoms. The maximum absolute atomic E-state index is 10.6. The highest BCUT2D eigenvalue weighted by Crippen LogP contribution is 2.23. The van der Waals surface area contributed by atoms with E-state index in [1.165, 1.54) is 0 Å². The average molecular weight is 281 g/mol. The third-order valence-electron chi connectivity index (χ3n) is 3.00. The lowest BCUT2D eigenvalue weighted by Crippen LogP contribution is -2.16. The van der Waals surface area contributed by atoms with Gasteiger partial charge in [0.15, 0.2) is 0 Å². The Morgan fingerprint density at radius 2 is 1.67 bits per heavy atom. The van der Waals surface area contributed by atoms with Crippen LogP contribution in [0.2, 0.25) is 0 Å². The molecule has 0 aliphatic rings. The summed E-state index contributed by atoms with van der Waals surface area (Å²) < 4.78 is 5.53. The molecule has 0 aliphatic heterocycles. The Balaban J connectivity index is 2.07. The number of rotatable bonds is 5. The van der Waals surface area contributed by atoms with Gasteiger partial charge in [-0.25, -0.2) is 0 Å². The number of carboxylic acid groups (broad SMARTS) is 1. The Kier molecular flexibility index (Phi) is 4.57. The minimum absolute atomic E-state index is 0.0304. The molecule has 0 aliphatic carbocycles. The number of aliphatic carboxylic acids is 1. The van der Waals surface area contributed by atoms with E-state index >= 15 is 0 Å². The summed E-state index contributed by atoms with van der Waals surface area (Å²) in [7, 11) is 0. The molecule has 1 N–H and O–H groups in total. The number of benzene rings is 2. The topological polar surface area (TPSA) is 70.3 Å². The van der Waals surface area contributed by atoms with Gasteiger partial charge >= 0.3 is 5.97 Å². The molecule has 4 heteroatoms. The second-order valence-electron chi connectivity index (χ2n) is 4.74. The summed E-state index contributed by atoms with van der Waals surface area (Å²) in [6.45, 7) is 1.72. The zero-order chi connectivity index (χ0) is 15.2. The smallest absolute Gasteiger partial charge is 0.307 e. The number of nitriles is 1. The summed E-state index contributed by atoms with van der Waals surface area (Å²) in [5.41, 5.74) is 2.65. The molecule has 2 aromatic carbocycles. The summed E-state index contributed by atoms with van der Waals surface area (Å²) in [6.07, 6.45) is -0.402. The minimum atomic E-state index is -0.878. The third kappa shape index (κ3) is 4.08. The molecule has 0 saturated heterocycles. The van der Waals surface area contributed by atoms with Crippen LogP contribution in [0.15, 0.2) is 48.5 Å². The third-order valence-corrected chi connectivity index (χ3v) is 3.00. The van der Waals surface area contributed by atoms with Crippen LogP contribution in [-0.4, -0.2) is 17.2 Å². The lowest BCUT2D eigenvalue weighted by molar-refractivity contribution is -0.138. The van der Waals surface area contributed by atoms with Crippen LogP contribution in [0.3, 0.4) is 0 Å². The lowest BCUT2D eigenvalue weighted by atomic mass is 10.0. The van der Waals surface area contributed by atoms with Crippen LogP contribution in [-0.2, 0) is 4.79 Å². The van der Waals surface area contributed by atoms with Gasteiger partial charge in [0, 0.05) is 0 Å². The van der Waals surface area contributed by atoms with Crippen molar-refractivity contribution in [1.82, 2.24) is 0 Å². The summed E-state index contributed by atoms with van der Waals surface area (Å²) in [5.74, 6) is -0.238. The normalized spacial score (nSPS) is 11.4. The van der Waals surface area contributed by atoms with Gasteiger partial charge < -0.3 is 9.84 Å². The second kappa shape index (κ2) is 6.58. The van der Waals surface area contributed by atoms with Crippen molar-refractivity contribution in [2.75, 3.05) is 0 Å². The molecule has 1 atom stereocenters. The van der Waals surface area contributed by atoms with Gasteiger partial charge in [-0.2, -0.15) is 5.26 Å². The number of nitrogens with zero attached hydrogens (tertiary/aromatic N) is 1. The highest BCUT2D eigenvalue weighted by atomic mass is 16.5. The van der Waals surface area contributed by atoms with E-state index in [4.69, 9.17) is 15.1 Å². The van der Waals surface area contributed by atoms with Crippen molar-refractivity contribution in [3.63, 3.8) is 0 Å². The zero-order valence-corrected chi connectivity index (χ0v) is 11.6. The first-order valence-electron chi connectivity index (χ1n) is 6.57. The fourth-order valence-corrected chi connectivity index (χ4v) is 1.98. The molecule has 0 amide bonds. The van der Waals surface area contributed by atoms with Crippen LogP contribution in [0, 0.1) is 11.3 Å². The standard InChI is InChI=1S/C17H15NO3/c1-12(10-17(19)20)21-16-8-6-15(7-9-16)14-4-2-13(11-18)3-5-14/h2-9,12H,10H2,1H3,(H,19,20). The van der Waals surface area contributed by atoms with Crippen molar-refractivity contribution in [3.05, 3.63) is 54.1 Å². The Morgan fingerprint density at radius 1 is 1.14 bits per heavy atom. The van der Waals surface area contributed by atoms with E-state index < -0.39 is 5.97 Å². The van der Waals surface area contributed by atoms with Gasteiger partial charge in [0.05, 0.1) is 18.1 Å². The molecular formula is C17H15NO3. The Morgan fingerprint density at radius 3 is 2.14 bits per heavy atom. The molecule has 0 heterocycles. The van der Waals surface area contributed by atoms with Crippen molar-refractivity contribution in [2.45, 2.75) is 19.4 Å². The maximum atomic E-state index is 10.6. The first-order valence-corrected chi connectivity index (χ1v) is 6.57. The summed E-state index contributed by atoms with van der Waals surface area (Å²) >= 11 is 0. The first kappa shape index (κ1) is 14.6. The molecule has 0 spiro atoms. The molecule has 2 rings (SSSR count). The van der Waals surface area contributed by atoms with Crippen LogP contribution in [0.25, 0.3) is 11.1 Å². The van der Waals surface area contributed by atoms with Crippen molar-refractivity contribution < 1.29 is 14.6 Å². The number of carboxylic acids is 1. The minimum Gasteiger partial charge on any atom is -0.490 e. The Labute approximate surface area is 123 Å². The fraction of sp³-hybridized carbons (Fsp3) is 0.176. The molecule has 0 radical (unpaired) electrons. The number of ether oxygens (including phenoxy) is 1. The van der Waals surface area contributed by atoms with E-state index in [1.807, 2.05) is 36.4 Å². The van der Waals surface area contributed by atoms with Gasteiger partial charge in [-0.05, 0) is 42.3 Å². The van der Waals surface area contributed by atoms with Crippen LogP contribution < -0.4 is 4.74 Å². The number of carbonyl (C=O) groups is 1. The van der Waals surface area contributed by atoms with Crippen LogP contribution >= 0.6 is 0 Å². The number of hydrogen-bond donors (Lipinski definition) is 1. The van der Waals surface area contributed by atoms with E-state index in [0.717, 1.165) is 11.1 Å². The fourth-order valence-electron chi connectivity index (χ4n) is 1.98. The highest BCUT2D eigenvalue weighted by Gasteiger charge is 2.09. The predicted octanol–water partition coefficient (Wildman–Crippen LogP) is 3.47. The van der Waals surface area contributed by atoms with Crippen molar-refractivity contribution in [3.8, 4) is 22.9 Å². The maximum Gasteiger partial charge on any atom is 0.307 e. The molecule has 106 valence electrons. The molecule has 0 aromatic heterocycles. The summed E-state index contributed by atoms with van der Waals surface area (Å²) in [4.78, 5) is 10.6. The van der Waals surface area contributed by atoms with Crippen molar-refractivity contribution >= 4 is 5.97 Å². The predicted molar refractivity (Wildman–Crippen MR) is 78.9 cm³/mol. The highest BCUT2D eigenvalue weighted by molar-refractivity contribution is 5.67. The van der Waals surface area contributed by atoms with E-state index in [-0.39, 0.29) is 12.5 Å². The molecular weight excluding hydrogens is 266 g/mol. The summed E-state index contributed by atoms with van der Waals surface area (Å²) in [6, 6.07) is 16.8. The van der Waals surface area contributed by atoms with Gasteiger partial charge in [0.1, 0.15) is 11.9 Å². The van der Waals surface area contributed by atoms with Gasteiger partial charge in [0.25, 0.3) is 0 Å². The van der Waals surface area contributed by atoms with Crippen LogP contribution in [0.1, 0.15) is 18.9 Å². The van der Waals surface area contributed by atoms with E-state index in [9.17, 15) is 4.79 Å². The summed E-state index contributed by atoms with van der Waals surface area (Å²) in [5, 5.41) is 17.5. The molecule has 0 fully saturated rings. The van der Waals surface area contributed by atoms with E-state index in [1.54, 1.807) is 19.1 Å². The van der Waals surface area contributed by atoms with Crippen molar-refractivity contribution in [1.29, 1.82) is 5.26 Å². The van der Waals surface area contributed by atoms with E-state index in [2.05, 4.69) is 6.07 Å². The van der Waals surface area contributed by atoms with Crippen LogP contribution in [0.5, 0.6) is 5.75 Å². The molecule has 1 unspecified atom stereocenters. The zero-order valence-electron chi connectivity index (χ0n) is 11.6. The Hall–Kier alpha value is -2.80. The quantitative estimate of drug-likeness (QED) is 0.911. The van der Waals surface area contributed by atoms with Crippen LogP contribution in [0.4, 0.5) is 0 Å². The van der Waals surface area contributed by atoms with Gasteiger partial charge in [-0.3, -0.25) is 4.79 Å². The van der Waals surface area contributed by atoms with Gasteiger partial charge in [-0.15, -0.1) is 0 Å². The van der Waals surface area contributed by atoms with Gasteiger partial charge in [0.2, 0.25) is 0 Å². The Bertz CT molecular complexity index is 654. The molecule has 2 aromatic rings. The molecule has 21 heavy (non-hydrogen) atoms. The lowest BCUT2D eigenvalue weighted by Gasteiger charge is -2.13. The van der Waals surface area contributed by atoms with E-state index in [0.29, 0.717) is 11.3 Å². The molecule has 0 saturated carbocycles. The monoisotopic (exact) mass is 281 g/mol. The van der Waals surface area contributed by atoms with Crippen molar-refractivity contribution in [2.24, 2.45) is 0 Å². The first-order chi connectivity index (χ1) is 10.1.